The first-order valence-corrected chi connectivity index (χ1v) is 15.6. The SMILES string of the molecule is CCC[C@H](NC(=O)[C@@H](NC(=O)c1ccc(=O)[nH]n1)[C@@H](C)CC)C(=O)N[C@H]1CC(C)N(CC(=O)N[C@H](C(=O)NCC)C(C)C)C1. The Morgan fingerprint density at radius 1 is 0.977 bits per heavy atom. The largest absolute Gasteiger partial charge is 0.355 e. The van der Waals surface area contributed by atoms with Gasteiger partial charge in [-0.1, -0.05) is 47.5 Å². The molecule has 2 rings (SSSR count). The van der Waals surface area contributed by atoms with E-state index < -0.39 is 35.5 Å². The molecule has 0 aliphatic carbocycles. The monoisotopic (exact) mass is 618 g/mol. The Morgan fingerprint density at radius 3 is 2.25 bits per heavy atom. The minimum atomic E-state index is -0.928. The zero-order valence-electron chi connectivity index (χ0n) is 27.0. The molecule has 2 heterocycles. The number of hydrogen-bond donors (Lipinski definition) is 6. The summed E-state index contributed by atoms with van der Waals surface area (Å²) in [5, 5.41) is 20.1. The molecule has 1 aromatic rings. The van der Waals surface area contributed by atoms with Crippen molar-refractivity contribution >= 4 is 29.5 Å². The van der Waals surface area contributed by atoms with Gasteiger partial charge in [0.05, 0.1) is 6.54 Å². The number of aromatic amines is 1. The van der Waals surface area contributed by atoms with Gasteiger partial charge in [-0.25, -0.2) is 5.10 Å². The topological polar surface area (TPSA) is 194 Å². The summed E-state index contributed by atoms with van der Waals surface area (Å²) in [4.78, 5) is 77.9. The van der Waals surface area contributed by atoms with Gasteiger partial charge in [0.15, 0.2) is 0 Å². The number of rotatable bonds is 16. The van der Waals surface area contributed by atoms with E-state index in [9.17, 15) is 28.8 Å². The van der Waals surface area contributed by atoms with Crippen LogP contribution in [0.5, 0.6) is 0 Å². The molecular weight excluding hydrogens is 568 g/mol. The Hall–Kier alpha value is -3.81. The quantitative estimate of drug-likeness (QED) is 0.150. The molecule has 246 valence electrons. The van der Waals surface area contributed by atoms with Crippen molar-refractivity contribution in [3.8, 4) is 0 Å². The number of carbonyl (C=O) groups excluding carboxylic acids is 5. The van der Waals surface area contributed by atoms with Crippen LogP contribution >= 0.6 is 0 Å². The van der Waals surface area contributed by atoms with Crippen molar-refractivity contribution in [2.24, 2.45) is 11.8 Å². The first-order chi connectivity index (χ1) is 20.8. The third kappa shape index (κ3) is 10.7. The molecule has 5 amide bonds. The maximum Gasteiger partial charge on any atom is 0.272 e. The molecular formula is C30H50N8O6. The Balaban J connectivity index is 2.02. The second-order valence-electron chi connectivity index (χ2n) is 11.9. The van der Waals surface area contributed by atoms with Gasteiger partial charge < -0.3 is 26.6 Å². The molecule has 1 saturated heterocycles. The standard InChI is InChI=1S/C30H50N8O6/c1-8-11-21(33-30(44)26(18(6)9-2)35-28(42)22-12-13-23(39)37-36-22)27(41)32-20-14-19(7)38(15-20)16-24(40)34-25(17(4)5)29(43)31-10-3/h12-13,17-21,25-26H,8-11,14-16H2,1-7H3,(H,31,43)(H,32,41)(H,33,44)(H,34,40)(H,35,42)(H,37,39)/t18-,19?,20-,21-,25-,26-/m0/s1. The van der Waals surface area contributed by atoms with E-state index in [1.165, 1.54) is 12.1 Å². The van der Waals surface area contributed by atoms with Crippen molar-refractivity contribution in [3.63, 3.8) is 0 Å². The molecule has 6 atom stereocenters. The third-order valence-electron chi connectivity index (χ3n) is 7.92. The number of amides is 5. The van der Waals surface area contributed by atoms with Gasteiger partial charge in [0.1, 0.15) is 23.8 Å². The zero-order chi connectivity index (χ0) is 33.0. The lowest BCUT2D eigenvalue weighted by molar-refractivity contribution is -0.131. The van der Waals surface area contributed by atoms with E-state index in [1.807, 2.05) is 53.4 Å². The van der Waals surface area contributed by atoms with E-state index in [1.54, 1.807) is 0 Å². The molecule has 14 nitrogen and oxygen atoms in total. The number of likely N-dealkylation sites (tertiary alicyclic amines) is 1. The van der Waals surface area contributed by atoms with Crippen LogP contribution in [0.25, 0.3) is 0 Å². The molecule has 44 heavy (non-hydrogen) atoms. The highest BCUT2D eigenvalue weighted by molar-refractivity contribution is 5.97. The van der Waals surface area contributed by atoms with Crippen LogP contribution < -0.4 is 32.1 Å². The summed E-state index contributed by atoms with van der Waals surface area (Å²) in [7, 11) is 0. The number of H-pyrrole nitrogens is 1. The highest BCUT2D eigenvalue weighted by Crippen LogP contribution is 2.18. The second kappa shape index (κ2) is 17.5. The number of likely N-dealkylation sites (N-methyl/N-ethyl adjacent to an activating group) is 1. The van der Waals surface area contributed by atoms with Crippen LogP contribution in [0.3, 0.4) is 0 Å². The molecule has 0 aromatic carbocycles. The smallest absolute Gasteiger partial charge is 0.272 e. The van der Waals surface area contributed by atoms with E-state index >= 15 is 0 Å². The molecule has 1 aliphatic rings. The summed E-state index contributed by atoms with van der Waals surface area (Å²) in [6.45, 7) is 14.2. The van der Waals surface area contributed by atoms with E-state index in [0.29, 0.717) is 38.8 Å². The average molecular weight is 619 g/mol. The highest BCUT2D eigenvalue weighted by Gasteiger charge is 2.35. The van der Waals surface area contributed by atoms with Gasteiger partial charge in [-0.2, -0.15) is 5.10 Å². The first-order valence-electron chi connectivity index (χ1n) is 15.6. The molecule has 1 unspecified atom stereocenters. The Bertz CT molecular complexity index is 1180. The van der Waals surface area contributed by atoms with Crippen LogP contribution in [0.4, 0.5) is 0 Å². The van der Waals surface area contributed by atoms with Crippen molar-refractivity contribution in [2.45, 2.75) is 104 Å². The number of nitrogens with zero attached hydrogens (tertiary/aromatic N) is 2. The van der Waals surface area contributed by atoms with Crippen LogP contribution in [0.1, 0.15) is 84.6 Å². The van der Waals surface area contributed by atoms with E-state index in [2.05, 4.69) is 36.8 Å². The fourth-order valence-corrected chi connectivity index (χ4v) is 5.15. The maximum atomic E-state index is 13.4. The molecule has 0 radical (unpaired) electrons. The lowest BCUT2D eigenvalue weighted by atomic mass is 9.97. The van der Waals surface area contributed by atoms with E-state index in [4.69, 9.17) is 0 Å². The normalized spacial score (nSPS) is 19.4. The summed E-state index contributed by atoms with van der Waals surface area (Å²) in [5.41, 5.74) is -0.489. The number of hydrogen-bond acceptors (Lipinski definition) is 8. The Morgan fingerprint density at radius 2 is 1.68 bits per heavy atom. The van der Waals surface area contributed by atoms with Gasteiger partial charge >= 0.3 is 0 Å². The fraction of sp³-hybridized carbons (Fsp3) is 0.700. The second-order valence-corrected chi connectivity index (χ2v) is 11.9. The van der Waals surface area contributed by atoms with Crippen molar-refractivity contribution in [1.29, 1.82) is 0 Å². The van der Waals surface area contributed by atoms with Crippen molar-refractivity contribution < 1.29 is 24.0 Å². The Labute approximate surface area is 259 Å². The summed E-state index contributed by atoms with van der Waals surface area (Å²) in [6.07, 6.45) is 2.24. The lowest BCUT2D eigenvalue weighted by Gasteiger charge is -2.27. The molecule has 1 aromatic heterocycles. The van der Waals surface area contributed by atoms with Gasteiger partial charge in [-0.15, -0.1) is 0 Å². The number of carbonyl (C=O) groups is 5. The molecule has 6 N–H and O–H groups in total. The van der Waals surface area contributed by atoms with Crippen molar-refractivity contribution in [3.05, 3.63) is 28.2 Å². The van der Waals surface area contributed by atoms with Gasteiger partial charge in [0.25, 0.3) is 11.5 Å². The van der Waals surface area contributed by atoms with Gasteiger partial charge in [0, 0.05) is 31.2 Å². The maximum absolute atomic E-state index is 13.4. The number of nitrogens with one attached hydrogen (secondary N) is 6. The minimum Gasteiger partial charge on any atom is -0.355 e. The summed E-state index contributed by atoms with van der Waals surface area (Å²) >= 11 is 0. The number of aromatic nitrogens is 2. The van der Waals surface area contributed by atoms with Crippen LogP contribution in [0, 0.1) is 11.8 Å². The van der Waals surface area contributed by atoms with Crippen molar-refractivity contribution in [2.75, 3.05) is 19.6 Å². The third-order valence-corrected chi connectivity index (χ3v) is 7.92. The fourth-order valence-electron chi connectivity index (χ4n) is 5.15. The lowest BCUT2D eigenvalue weighted by Crippen LogP contribution is -2.56. The zero-order valence-corrected chi connectivity index (χ0v) is 27.0. The molecule has 0 bridgehead atoms. The highest BCUT2D eigenvalue weighted by atomic mass is 16.2. The minimum absolute atomic E-state index is 0.0127. The summed E-state index contributed by atoms with van der Waals surface area (Å²) < 4.78 is 0. The van der Waals surface area contributed by atoms with Gasteiger partial charge in [-0.05, 0) is 44.6 Å². The molecule has 0 saturated carbocycles. The van der Waals surface area contributed by atoms with Crippen LogP contribution in [-0.4, -0.2) is 94.5 Å². The summed E-state index contributed by atoms with van der Waals surface area (Å²) in [6, 6.07) is -0.156. The summed E-state index contributed by atoms with van der Waals surface area (Å²) in [5.74, 6) is -2.25. The van der Waals surface area contributed by atoms with E-state index in [0.717, 1.165) is 0 Å². The van der Waals surface area contributed by atoms with Crippen LogP contribution in [0.15, 0.2) is 16.9 Å². The Kier molecular flexibility index (Phi) is 14.4. The first kappa shape index (κ1) is 36.4. The van der Waals surface area contributed by atoms with Crippen LogP contribution in [-0.2, 0) is 19.2 Å². The van der Waals surface area contributed by atoms with Crippen molar-refractivity contribution in [1.82, 2.24) is 41.7 Å². The van der Waals surface area contributed by atoms with Crippen LogP contribution in [0.2, 0.25) is 0 Å². The average Bonchev–Trinajstić information content (AvgIpc) is 3.31. The predicted molar refractivity (Wildman–Crippen MR) is 165 cm³/mol. The molecule has 1 fully saturated rings. The predicted octanol–water partition coefficient (Wildman–Crippen LogP) is 0.0552. The van der Waals surface area contributed by atoms with Gasteiger partial charge in [0.2, 0.25) is 23.6 Å². The molecule has 1 aliphatic heterocycles. The molecule has 14 heteroatoms. The van der Waals surface area contributed by atoms with Gasteiger partial charge in [-0.3, -0.25) is 33.7 Å². The van der Waals surface area contributed by atoms with E-state index in [-0.39, 0.29) is 53.9 Å². The molecule has 0 spiro atoms.